The zero-order chi connectivity index (χ0) is 31.6. The number of hydrogen-bond donors (Lipinski definition) is 1. The lowest BCUT2D eigenvalue weighted by atomic mass is 9.84. The monoisotopic (exact) mass is 618 g/mol. The Balaban J connectivity index is 1.18. The summed E-state index contributed by atoms with van der Waals surface area (Å²) in [6.07, 6.45) is 22.9. The van der Waals surface area contributed by atoms with Crippen LogP contribution < -0.4 is 15.1 Å². The molecule has 4 heteroatoms. The van der Waals surface area contributed by atoms with E-state index in [4.69, 9.17) is 4.98 Å². The third-order valence-corrected chi connectivity index (χ3v) is 10.6. The Hall–Kier alpha value is -5.87. The maximum atomic E-state index is 4.90. The van der Waals surface area contributed by atoms with Crippen molar-refractivity contribution in [3.05, 3.63) is 180 Å². The van der Waals surface area contributed by atoms with E-state index in [-0.39, 0.29) is 23.9 Å². The number of hydrogen-bond acceptors (Lipinski definition) is 4. The lowest BCUT2D eigenvalue weighted by Gasteiger charge is -2.42. The highest BCUT2D eigenvalue weighted by Gasteiger charge is 2.48. The molecule has 5 aromatic rings. The van der Waals surface area contributed by atoms with Gasteiger partial charge in [0.25, 0.3) is 0 Å². The van der Waals surface area contributed by atoms with Crippen LogP contribution in [0.25, 0.3) is 33.7 Å². The summed E-state index contributed by atoms with van der Waals surface area (Å²) < 4.78 is 0. The number of allylic oxidation sites excluding steroid dienone is 4. The second-order valence-corrected chi connectivity index (χ2v) is 13.1. The van der Waals surface area contributed by atoms with Gasteiger partial charge in [-0.05, 0) is 52.9 Å². The van der Waals surface area contributed by atoms with E-state index in [9.17, 15) is 0 Å². The minimum absolute atomic E-state index is 0.112. The fraction of sp³-hybridized carbons (Fsp3) is 0.114. The molecule has 0 saturated heterocycles. The normalized spacial score (nSPS) is 23.1. The van der Waals surface area contributed by atoms with E-state index in [1.165, 1.54) is 55.9 Å². The quantitative estimate of drug-likeness (QED) is 0.218. The van der Waals surface area contributed by atoms with Crippen LogP contribution in [0.4, 0.5) is 17.1 Å². The van der Waals surface area contributed by atoms with Gasteiger partial charge >= 0.3 is 0 Å². The van der Waals surface area contributed by atoms with Gasteiger partial charge in [-0.3, -0.25) is 4.98 Å². The summed E-state index contributed by atoms with van der Waals surface area (Å²) in [4.78, 5) is 10.1. The lowest BCUT2D eigenvalue weighted by Crippen LogP contribution is -2.45. The van der Waals surface area contributed by atoms with Gasteiger partial charge in [-0.15, -0.1) is 0 Å². The van der Waals surface area contributed by atoms with Crippen LogP contribution in [0.1, 0.15) is 11.1 Å². The summed E-state index contributed by atoms with van der Waals surface area (Å²) in [7, 11) is 0. The smallest absolute Gasteiger partial charge is 0.0781 e. The molecule has 4 atom stereocenters. The Bertz CT molecular complexity index is 2300. The minimum atomic E-state index is 0.112. The van der Waals surface area contributed by atoms with Gasteiger partial charge in [0.05, 0.1) is 24.3 Å². The largest absolute Gasteiger partial charge is 0.379 e. The SMILES string of the molecule is C1=CC2C3=C(C4C=CC=CC4N(C4=Cc5ccccc5NC4)c4ccccc43)N(c3cccc(-c4nccc5ccccc45)c3)C2C=C1. The number of pyridine rings is 1. The lowest BCUT2D eigenvalue weighted by molar-refractivity contribution is 0.591. The Morgan fingerprint density at radius 2 is 1.44 bits per heavy atom. The summed E-state index contributed by atoms with van der Waals surface area (Å²) in [6.45, 7) is 0.773. The topological polar surface area (TPSA) is 31.4 Å². The molecule has 0 saturated carbocycles. The molecule has 4 nitrogen and oxygen atoms in total. The van der Waals surface area contributed by atoms with Crippen LogP contribution in [0.3, 0.4) is 0 Å². The first-order chi connectivity index (χ1) is 23.8. The highest BCUT2D eigenvalue weighted by molar-refractivity contribution is 5.96. The van der Waals surface area contributed by atoms with Crippen LogP contribution in [0.5, 0.6) is 0 Å². The van der Waals surface area contributed by atoms with Crippen molar-refractivity contribution >= 4 is 39.5 Å². The van der Waals surface area contributed by atoms with Crippen molar-refractivity contribution < 1.29 is 0 Å². The number of nitrogens with zero attached hydrogens (tertiary/aromatic N) is 3. The Kier molecular flexibility index (Phi) is 6.16. The molecule has 0 fully saturated rings. The molecule has 48 heavy (non-hydrogen) atoms. The average Bonchev–Trinajstić information content (AvgIpc) is 3.44. The van der Waals surface area contributed by atoms with Crippen molar-refractivity contribution in [3.63, 3.8) is 0 Å². The van der Waals surface area contributed by atoms with E-state index in [2.05, 4.69) is 173 Å². The molecule has 5 aliphatic rings. The van der Waals surface area contributed by atoms with Crippen LogP contribution in [0.2, 0.25) is 0 Å². The standard InChI is InChI=1S/C44H34N4/c1-3-16-34-29(12-1)24-25-45-43(34)31-14-11-15-32(27-31)48-40-22-9-5-18-36(40)42-35-17-4-8-21-39(35)47(41-23-10-6-19-37(41)44(42)48)33-26-30-13-2-7-20-38(30)46-28-33/h1-27,36-37,40-41,46H,28H2. The number of nitrogens with one attached hydrogen (secondary N) is 1. The van der Waals surface area contributed by atoms with Crippen LogP contribution >= 0.6 is 0 Å². The molecule has 4 aromatic carbocycles. The first kappa shape index (κ1) is 27.3. The van der Waals surface area contributed by atoms with Gasteiger partial charge < -0.3 is 15.1 Å². The summed E-state index contributed by atoms with van der Waals surface area (Å²) in [5.41, 5.74) is 12.4. The minimum Gasteiger partial charge on any atom is -0.379 e. The number of para-hydroxylation sites is 2. The van der Waals surface area contributed by atoms with E-state index >= 15 is 0 Å². The predicted octanol–water partition coefficient (Wildman–Crippen LogP) is 9.64. The Morgan fingerprint density at radius 1 is 0.667 bits per heavy atom. The second kappa shape index (κ2) is 10.9. The van der Waals surface area contributed by atoms with E-state index in [1.807, 2.05) is 6.20 Å². The molecule has 1 aromatic heterocycles. The fourth-order valence-electron chi connectivity index (χ4n) is 8.56. The van der Waals surface area contributed by atoms with Crippen LogP contribution in [0.15, 0.2) is 169 Å². The number of aromatic nitrogens is 1. The van der Waals surface area contributed by atoms with Crippen LogP contribution in [-0.2, 0) is 0 Å². The van der Waals surface area contributed by atoms with Crippen molar-refractivity contribution in [3.8, 4) is 11.3 Å². The van der Waals surface area contributed by atoms with Crippen LogP contribution in [0, 0.1) is 11.8 Å². The van der Waals surface area contributed by atoms with Gasteiger partial charge in [-0.1, -0.05) is 121 Å². The second-order valence-electron chi connectivity index (χ2n) is 13.1. The van der Waals surface area contributed by atoms with Gasteiger partial charge in [0.15, 0.2) is 0 Å². The molecule has 0 amide bonds. The summed E-state index contributed by atoms with van der Waals surface area (Å²) in [5, 5.41) is 6.10. The van der Waals surface area contributed by atoms with Crippen molar-refractivity contribution in [2.24, 2.45) is 11.8 Å². The molecule has 0 spiro atoms. The van der Waals surface area contributed by atoms with E-state index in [0.717, 1.165) is 17.8 Å². The van der Waals surface area contributed by atoms with E-state index in [1.54, 1.807) is 0 Å². The Morgan fingerprint density at radius 3 is 2.38 bits per heavy atom. The zero-order valence-electron chi connectivity index (χ0n) is 26.4. The number of benzene rings is 4. The molecule has 4 heterocycles. The maximum absolute atomic E-state index is 4.90. The molecule has 0 bridgehead atoms. The number of fused-ring (bicyclic) bond motifs is 8. The summed E-state index contributed by atoms with van der Waals surface area (Å²) in [5.74, 6) is 0.367. The molecule has 3 aliphatic heterocycles. The van der Waals surface area contributed by atoms with E-state index < -0.39 is 0 Å². The highest BCUT2D eigenvalue weighted by Crippen LogP contribution is 2.54. The van der Waals surface area contributed by atoms with Crippen molar-refractivity contribution in [2.45, 2.75) is 12.1 Å². The highest BCUT2D eigenvalue weighted by atomic mass is 15.3. The van der Waals surface area contributed by atoms with Gasteiger partial charge in [-0.25, -0.2) is 0 Å². The first-order valence-electron chi connectivity index (χ1n) is 16.9. The maximum Gasteiger partial charge on any atom is 0.0781 e. The van der Waals surface area contributed by atoms with Gasteiger partial charge in [0, 0.05) is 63.0 Å². The summed E-state index contributed by atoms with van der Waals surface area (Å²) in [6, 6.07) is 37.6. The molecule has 4 unspecified atom stereocenters. The van der Waals surface area contributed by atoms with E-state index in [0.29, 0.717) is 0 Å². The molecular weight excluding hydrogens is 585 g/mol. The fourth-order valence-corrected chi connectivity index (χ4v) is 8.56. The third kappa shape index (κ3) is 4.12. The molecule has 10 rings (SSSR count). The third-order valence-electron chi connectivity index (χ3n) is 10.6. The average molecular weight is 619 g/mol. The zero-order valence-corrected chi connectivity index (χ0v) is 26.4. The summed E-state index contributed by atoms with van der Waals surface area (Å²) >= 11 is 0. The van der Waals surface area contributed by atoms with Crippen molar-refractivity contribution in [1.29, 1.82) is 0 Å². The molecule has 1 N–H and O–H groups in total. The first-order valence-corrected chi connectivity index (χ1v) is 16.9. The van der Waals surface area contributed by atoms with Crippen molar-refractivity contribution in [1.82, 2.24) is 4.98 Å². The Labute approximate surface area is 281 Å². The van der Waals surface area contributed by atoms with Crippen LogP contribution in [-0.4, -0.2) is 23.6 Å². The number of rotatable bonds is 3. The molecule has 2 aliphatic carbocycles. The predicted molar refractivity (Wildman–Crippen MR) is 200 cm³/mol. The molecule has 0 radical (unpaired) electrons. The molecule has 230 valence electrons. The molecular formula is C44H34N4. The van der Waals surface area contributed by atoms with Gasteiger partial charge in [0.2, 0.25) is 0 Å². The number of anilines is 3. The van der Waals surface area contributed by atoms with Gasteiger partial charge in [0.1, 0.15) is 0 Å². The van der Waals surface area contributed by atoms with Crippen molar-refractivity contribution in [2.75, 3.05) is 21.7 Å². The van der Waals surface area contributed by atoms with Gasteiger partial charge in [-0.2, -0.15) is 0 Å².